The highest BCUT2D eigenvalue weighted by Crippen LogP contribution is 2.19. The number of nitrogens with one attached hydrogen (secondary N) is 1. The summed E-state index contributed by atoms with van der Waals surface area (Å²) in [4.78, 5) is 6.98. The Morgan fingerprint density at radius 2 is 1.96 bits per heavy atom. The van der Waals surface area contributed by atoms with Gasteiger partial charge in [0.1, 0.15) is 5.69 Å². The van der Waals surface area contributed by atoms with Gasteiger partial charge in [0, 0.05) is 51.7 Å². The van der Waals surface area contributed by atoms with E-state index in [9.17, 15) is 0 Å². The van der Waals surface area contributed by atoms with Crippen LogP contribution in [0.1, 0.15) is 12.1 Å². The third-order valence-electron chi connectivity index (χ3n) is 4.60. The lowest BCUT2D eigenvalue weighted by Crippen LogP contribution is -2.38. The van der Waals surface area contributed by atoms with Gasteiger partial charge in [-0.1, -0.05) is 0 Å². The molecule has 4 rings (SSSR count). The minimum absolute atomic E-state index is 0. The molecule has 2 aliphatic rings. The highest BCUT2D eigenvalue weighted by molar-refractivity contribution is 5.85. The van der Waals surface area contributed by atoms with E-state index in [1.165, 1.54) is 5.69 Å². The van der Waals surface area contributed by atoms with Crippen molar-refractivity contribution in [2.45, 2.75) is 26.1 Å². The summed E-state index contributed by atoms with van der Waals surface area (Å²) in [5.41, 5.74) is 2.23. The van der Waals surface area contributed by atoms with Gasteiger partial charge in [-0.25, -0.2) is 4.98 Å². The summed E-state index contributed by atoms with van der Waals surface area (Å²) in [6, 6.07) is 2.17. The molecule has 0 bridgehead atoms. The topological polar surface area (TPSA) is 60.1 Å². The molecule has 0 aromatic carbocycles. The number of hydrogen-bond donors (Lipinski definition) is 1. The number of aryl methyl sites for hydroxylation is 1. The second-order valence-electron chi connectivity index (χ2n) is 6.17. The van der Waals surface area contributed by atoms with Gasteiger partial charge in [-0.2, -0.15) is 5.10 Å². The van der Waals surface area contributed by atoms with Gasteiger partial charge >= 0.3 is 0 Å². The summed E-state index contributed by atoms with van der Waals surface area (Å²) in [6.45, 7) is 8.64. The van der Waals surface area contributed by atoms with Crippen LogP contribution in [0.25, 0.3) is 11.5 Å². The van der Waals surface area contributed by atoms with Crippen molar-refractivity contribution in [3.63, 3.8) is 0 Å². The Morgan fingerprint density at radius 1 is 1.12 bits per heavy atom. The molecule has 0 radical (unpaired) electrons. The number of ether oxygens (including phenoxy) is 1. The first-order valence-corrected chi connectivity index (χ1v) is 8.49. The second-order valence-corrected chi connectivity index (χ2v) is 6.17. The summed E-state index contributed by atoms with van der Waals surface area (Å²) in [7, 11) is 0. The predicted molar refractivity (Wildman–Crippen MR) is 102 cm³/mol. The lowest BCUT2D eigenvalue weighted by atomic mass is 10.3. The van der Waals surface area contributed by atoms with E-state index in [0.717, 1.165) is 77.0 Å². The molecule has 0 saturated carbocycles. The van der Waals surface area contributed by atoms with Crippen molar-refractivity contribution in [1.82, 2.24) is 29.5 Å². The standard InChI is InChI=1S/C16H24N6O.2ClH/c1-2-17-13-14-12-15(19-22(14)4-1)16-18-3-5-21(16)7-6-20-8-10-23-11-9-20;;/h3,5,12,17H,1-2,4,6-11,13H2;2*1H. The maximum atomic E-state index is 5.41. The molecule has 2 aliphatic heterocycles. The quantitative estimate of drug-likeness (QED) is 0.857. The summed E-state index contributed by atoms with van der Waals surface area (Å²) >= 11 is 0. The van der Waals surface area contributed by atoms with Crippen LogP contribution in [0.3, 0.4) is 0 Å². The van der Waals surface area contributed by atoms with Crippen molar-refractivity contribution in [3.8, 4) is 11.5 Å². The molecule has 0 spiro atoms. The van der Waals surface area contributed by atoms with Gasteiger partial charge in [0.2, 0.25) is 0 Å². The SMILES string of the molecule is Cl.Cl.c1cn(CCN2CCOCC2)c(-c2cc3n(n2)CCCNC3)n1. The Balaban J connectivity index is 0.00000113. The number of imidazole rings is 1. The first-order chi connectivity index (χ1) is 11.4. The highest BCUT2D eigenvalue weighted by Gasteiger charge is 2.16. The number of halogens is 2. The maximum Gasteiger partial charge on any atom is 0.160 e. The van der Waals surface area contributed by atoms with Crippen molar-refractivity contribution in [2.75, 3.05) is 39.4 Å². The number of fused-ring (bicyclic) bond motifs is 1. The maximum absolute atomic E-state index is 5.41. The molecule has 1 N–H and O–H groups in total. The lowest BCUT2D eigenvalue weighted by Gasteiger charge is -2.26. The molecule has 140 valence electrons. The van der Waals surface area contributed by atoms with Crippen LogP contribution in [-0.2, 0) is 24.4 Å². The van der Waals surface area contributed by atoms with Crippen molar-refractivity contribution in [1.29, 1.82) is 0 Å². The Hall–Kier alpha value is -1.12. The van der Waals surface area contributed by atoms with Crippen molar-refractivity contribution in [2.24, 2.45) is 0 Å². The zero-order chi connectivity index (χ0) is 15.5. The van der Waals surface area contributed by atoms with Crippen molar-refractivity contribution < 1.29 is 4.74 Å². The molecule has 0 amide bonds. The van der Waals surface area contributed by atoms with E-state index >= 15 is 0 Å². The smallest absolute Gasteiger partial charge is 0.160 e. The van der Waals surface area contributed by atoms with Gasteiger partial charge in [-0.3, -0.25) is 9.58 Å². The van der Waals surface area contributed by atoms with E-state index in [0.29, 0.717) is 0 Å². The van der Waals surface area contributed by atoms with Gasteiger partial charge in [0.15, 0.2) is 5.82 Å². The minimum Gasteiger partial charge on any atom is -0.379 e. The Morgan fingerprint density at radius 3 is 2.80 bits per heavy atom. The fourth-order valence-corrected chi connectivity index (χ4v) is 3.27. The molecule has 25 heavy (non-hydrogen) atoms. The van der Waals surface area contributed by atoms with E-state index in [1.54, 1.807) is 0 Å². The molecular formula is C16H26Cl2N6O. The molecule has 4 heterocycles. The minimum atomic E-state index is 0. The van der Waals surface area contributed by atoms with Gasteiger partial charge in [-0.15, -0.1) is 24.8 Å². The fourth-order valence-electron chi connectivity index (χ4n) is 3.27. The van der Waals surface area contributed by atoms with E-state index in [-0.39, 0.29) is 24.8 Å². The number of nitrogens with zero attached hydrogens (tertiary/aromatic N) is 5. The molecule has 1 fully saturated rings. The summed E-state index contributed by atoms with van der Waals surface area (Å²) in [6.07, 6.45) is 5.05. The average molecular weight is 389 g/mol. The first kappa shape index (κ1) is 20.2. The zero-order valence-corrected chi connectivity index (χ0v) is 15.9. The van der Waals surface area contributed by atoms with Crippen molar-refractivity contribution in [3.05, 3.63) is 24.2 Å². The fraction of sp³-hybridized carbons (Fsp3) is 0.625. The number of aromatic nitrogens is 4. The van der Waals surface area contributed by atoms with Crippen LogP contribution in [0.2, 0.25) is 0 Å². The van der Waals surface area contributed by atoms with Gasteiger partial charge < -0.3 is 14.6 Å². The van der Waals surface area contributed by atoms with Crippen molar-refractivity contribution >= 4 is 24.8 Å². The Labute approximate surface area is 160 Å². The first-order valence-electron chi connectivity index (χ1n) is 8.49. The van der Waals surface area contributed by atoms with Crippen LogP contribution >= 0.6 is 24.8 Å². The molecule has 1 saturated heterocycles. The molecule has 2 aromatic heterocycles. The van der Waals surface area contributed by atoms with Crippen LogP contribution in [0.15, 0.2) is 18.5 Å². The number of rotatable bonds is 4. The molecule has 2 aromatic rings. The third kappa shape index (κ3) is 4.74. The molecular weight excluding hydrogens is 363 g/mol. The lowest BCUT2D eigenvalue weighted by molar-refractivity contribution is 0.0364. The Kier molecular flexibility index (Phi) is 7.71. The second kappa shape index (κ2) is 9.54. The van der Waals surface area contributed by atoms with Gasteiger partial charge in [0.25, 0.3) is 0 Å². The summed E-state index contributed by atoms with van der Waals surface area (Å²) in [5.74, 6) is 0.971. The zero-order valence-electron chi connectivity index (χ0n) is 14.3. The number of hydrogen-bond acceptors (Lipinski definition) is 5. The van der Waals surface area contributed by atoms with E-state index < -0.39 is 0 Å². The summed E-state index contributed by atoms with van der Waals surface area (Å²) < 4.78 is 9.74. The van der Waals surface area contributed by atoms with Gasteiger partial charge in [-0.05, 0) is 19.0 Å². The normalized spacial score (nSPS) is 17.9. The third-order valence-corrected chi connectivity index (χ3v) is 4.60. The number of morpholine rings is 1. The van der Waals surface area contributed by atoms with Crippen LogP contribution in [0.5, 0.6) is 0 Å². The average Bonchev–Trinajstić information content (AvgIpc) is 3.15. The van der Waals surface area contributed by atoms with E-state index in [4.69, 9.17) is 9.84 Å². The largest absolute Gasteiger partial charge is 0.379 e. The van der Waals surface area contributed by atoms with Crippen LogP contribution in [-0.4, -0.2) is 63.6 Å². The van der Waals surface area contributed by atoms with Crippen LogP contribution in [0, 0.1) is 0 Å². The Bertz CT molecular complexity index is 629. The van der Waals surface area contributed by atoms with Crippen LogP contribution in [0.4, 0.5) is 0 Å². The monoisotopic (exact) mass is 388 g/mol. The molecule has 0 aliphatic carbocycles. The molecule has 0 unspecified atom stereocenters. The van der Waals surface area contributed by atoms with E-state index in [2.05, 4.69) is 36.7 Å². The van der Waals surface area contributed by atoms with E-state index in [1.807, 2.05) is 6.20 Å². The van der Waals surface area contributed by atoms with Gasteiger partial charge in [0.05, 0.1) is 18.9 Å². The van der Waals surface area contributed by atoms with Crippen LogP contribution < -0.4 is 5.32 Å². The predicted octanol–water partition coefficient (Wildman–Crippen LogP) is 1.42. The summed E-state index contributed by atoms with van der Waals surface area (Å²) in [5, 5.41) is 8.21. The molecule has 9 heteroatoms. The molecule has 7 nitrogen and oxygen atoms in total. The highest BCUT2D eigenvalue weighted by atomic mass is 35.5. The molecule has 0 atom stereocenters.